The number of fused-ring (bicyclic) bond motifs is 1. The second-order valence-electron chi connectivity index (χ2n) is 7.05. The number of benzene rings is 1. The van der Waals surface area contributed by atoms with Crippen LogP contribution in [0.15, 0.2) is 24.4 Å². The van der Waals surface area contributed by atoms with Gasteiger partial charge in [-0.05, 0) is 42.9 Å². The predicted octanol–water partition coefficient (Wildman–Crippen LogP) is 4.13. The van der Waals surface area contributed by atoms with Gasteiger partial charge in [0.2, 0.25) is 5.95 Å². The Morgan fingerprint density at radius 3 is 2.71 bits per heavy atom. The lowest BCUT2D eigenvalue weighted by Crippen LogP contribution is -2.35. The number of halogens is 4. The molecule has 1 aromatic heterocycles. The highest BCUT2D eigenvalue weighted by Crippen LogP contribution is 2.43. The highest BCUT2D eigenvalue weighted by molar-refractivity contribution is 6.33. The monoisotopic (exact) mass is 410 g/mol. The molecule has 9 heteroatoms. The first kappa shape index (κ1) is 19.0. The summed E-state index contributed by atoms with van der Waals surface area (Å²) in [5.74, 6) is 0.0101. The lowest BCUT2D eigenvalue weighted by atomic mass is 10.00. The van der Waals surface area contributed by atoms with Crippen molar-refractivity contribution in [2.24, 2.45) is 5.73 Å². The third-order valence-electron chi connectivity index (χ3n) is 5.26. The van der Waals surface area contributed by atoms with E-state index in [-0.39, 0.29) is 34.5 Å². The van der Waals surface area contributed by atoms with Crippen LogP contribution in [0.3, 0.4) is 0 Å². The van der Waals surface area contributed by atoms with Gasteiger partial charge in [-0.15, -0.1) is 0 Å². The van der Waals surface area contributed by atoms with E-state index in [1.165, 1.54) is 6.07 Å². The van der Waals surface area contributed by atoms with Crippen LogP contribution in [-0.4, -0.2) is 27.2 Å². The first-order valence-corrected chi connectivity index (χ1v) is 9.31. The Hall–Kier alpha value is -2.32. The van der Waals surface area contributed by atoms with Crippen molar-refractivity contribution < 1.29 is 18.3 Å². The number of nitrogens with one attached hydrogen (secondary N) is 1. The lowest BCUT2D eigenvalue weighted by molar-refractivity contribution is -0.138. The van der Waals surface area contributed by atoms with Gasteiger partial charge in [0, 0.05) is 23.9 Å². The van der Waals surface area contributed by atoms with E-state index in [2.05, 4.69) is 15.3 Å². The maximum absolute atomic E-state index is 13.6. The molecule has 0 unspecified atom stereocenters. The van der Waals surface area contributed by atoms with E-state index in [0.717, 1.165) is 25.5 Å². The first-order chi connectivity index (χ1) is 13.3. The molecule has 4 N–H and O–H groups in total. The molecule has 2 aliphatic carbocycles. The molecule has 1 aromatic carbocycles. The summed E-state index contributed by atoms with van der Waals surface area (Å²) in [5, 5.41) is 13.0. The fourth-order valence-corrected chi connectivity index (χ4v) is 4.04. The van der Waals surface area contributed by atoms with Gasteiger partial charge in [-0.2, -0.15) is 13.2 Å². The number of nitrogens with two attached hydrogens (primary N) is 1. The summed E-state index contributed by atoms with van der Waals surface area (Å²) in [6, 6.07) is 2.77. The molecule has 2 aromatic rings. The molecule has 5 nitrogen and oxygen atoms in total. The number of hydrogen-bond acceptors (Lipinski definition) is 5. The highest BCUT2D eigenvalue weighted by atomic mass is 35.5. The molecule has 28 heavy (non-hydrogen) atoms. The molecule has 0 bridgehead atoms. The van der Waals surface area contributed by atoms with Gasteiger partial charge in [-0.3, -0.25) is 0 Å². The number of hydrogen-bond donors (Lipinski definition) is 3. The van der Waals surface area contributed by atoms with E-state index in [9.17, 15) is 18.3 Å². The minimum absolute atomic E-state index is 0.0687. The Labute approximate surface area is 164 Å². The molecule has 4 rings (SSSR count). The molecule has 0 radical (unpaired) electrons. The minimum Gasteiger partial charge on any atom is -0.506 e. The van der Waals surface area contributed by atoms with Crippen molar-refractivity contribution in [1.29, 1.82) is 0 Å². The predicted molar refractivity (Wildman–Crippen MR) is 100 cm³/mol. The number of rotatable bonds is 3. The summed E-state index contributed by atoms with van der Waals surface area (Å²) in [5.41, 5.74) is 6.33. The maximum Gasteiger partial charge on any atom is 0.419 e. The van der Waals surface area contributed by atoms with Crippen molar-refractivity contribution in [3.05, 3.63) is 51.8 Å². The van der Waals surface area contributed by atoms with Crippen LogP contribution in [0.5, 0.6) is 5.75 Å². The number of alkyl halides is 3. The standard InChI is InChI=1S/C19H18ClF3N4O/c20-16-10-4-5-11(9(10)6-7-15(16)28)17-12(19(21,22)23)8-25-18(27-17)26-14-3-1-2-13(14)24/h5-8,13-14,28H,1-4,24H2,(H,25,26,27)/t13-,14-/m0/s1. The van der Waals surface area contributed by atoms with Crippen LogP contribution in [0.4, 0.5) is 19.1 Å². The molecule has 0 spiro atoms. The summed E-state index contributed by atoms with van der Waals surface area (Å²) in [6.07, 6.45) is 0.766. The molecule has 0 saturated heterocycles. The Morgan fingerprint density at radius 1 is 1.25 bits per heavy atom. The van der Waals surface area contributed by atoms with Gasteiger partial charge < -0.3 is 16.2 Å². The van der Waals surface area contributed by atoms with Gasteiger partial charge in [0.05, 0.1) is 10.7 Å². The van der Waals surface area contributed by atoms with E-state index in [1.807, 2.05) is 0 Å². The summed E-state index contributed by atoms with van der Waals surface area (Å²) in [4.78, 5) is 8.07. The molecule has 148 valence electrons. The van der Waals surface area contributed by atoms with Crippen molar-refractivity contribution in [1.82, 2.24) is 9.97 Å². The molecule has 1 heterocycles. The average molecular weight is 411 g/mol. The molecule has 2 atom stereocenters. The van der Waals surface area contributed by atoms with Crippen LogP contribution < -0.4 is 11.1 Å². The van der Waals surface area contributed by atoms with Crippen LogP contribution in [0.2, 0.25) is 5.02 Å². The molecule has 0 amide bonds. The van der Waals surface area contributed by atoms with Crippen molar-refractivity contribution in [2.45, 2.75) is 43.9 Å². The van der Waals surface area contributed by atoms with E-state index < -0.39 is 11.7 Å². The van der Waals surface area contributed by atoms with Gasteiger partial charge in [-0.1, -0.05) is 23.7 Å². The highest BCUT2D eigenvalue weighted by Gasteiger charge is 2.37. The quantitative estimate of drug-likeness (QED) is 0.708. The summed E-state index contributed by atoms with van der Waals surface area (Å²) >= 11 is 6.12. The van der Waals surface area contributed by atoms with E-state index in [1.54, 1.807) is 12.1 Å². The zero-order valence-corrected chi connectivity index (χ0v) is 15.5. The number of nitrogens with zero attached hydrogens (tertiary/aromatic N) is 2. The Morgan fingerprint density at radius 2 is 2.04 bits per heavy atom. The molecular formula is C19H18ClF3N4O. The molecule has 0 aliphatic heterocycles. The molecule has 1 saturated carbocycles. The normalized spacial score (nSPS) is 21.5. The van der Waals surface area contributed by atoms with Gasteiger partial charge in [0.25, 0.3) is 0 Å². The van der Waals surface area contributed by atoms with Crippen molar-refractivity contribution in [3.8, 4) is 5.75 Å². The number of aromatic hydroxyl groups is 1. The molecule has 1 fully saturated rings. The van der Waals surface area contributed by atoms with Crippen LogP contribution in [-0.2, 0) is 12.6 Å². The van der Waals surface area contributed by atoms with Crippen LogP contribution in [0.25, 0.3) is 5.57 Å². The topological polar surface area (TPSA) is 84.1 Å². The van der Waals surface area contributed by atoms with Gasteiger partial charge in [-0.25, -0.2) is 9.97 Å². The third-order valence-corrected chi connectivity index (χ3v) is 5.68. The second-order valence-corrected chi connectivity index (χ2v) is 7.42. The Kier molecular flexibility index (Phi) is 4.71. The summed E-state index contributed by atoms with van der Waals surface area (Å²) in [6.45, 7) is 0. The van der Waals surface area contributed by atoms with Gasteiger partial charge in [0.1, 0.15) is 11.3 Å². The average Bonchev–Trinajstić information content (AvgIpc) is 3.24. The van der Waals surface area contributed by atoms with Crippen molar-refractivity contribution in [3.63, 3.8) is 0 Å². The fourth-order valence-electron chi connectivity index (χ4n) is 3.80. The first-order valence-electron chi connectivity index (χ1n) is 8.93. The largest absolute Gasteiger partial charge is 0.506 e. The van der Waals surface area contributed by atoms with Gasteiger partial charge in [0.15, 0.2) is 0 Å². The van der Waals surface area contributed by atoms with E-state index in [4.69, 9.17) is 17.3 Å². The zero-order valence-electron chi connectivity index (χ0n) is 14.7. The van der Waals surface area contributed by atoms with Crippen molar-refractivity contribution in [2.75, 3.05) is 5.32 Å². The Bertz CT molecular complexity index is 961. The number of allylic oxidation sites excluding steroid dienone is 1. The molecular weight excluding hydrogens is 393 g/mol. The number of aromatic nitrogens is 2. The SMILES string of the molecule is N[C@H]1CCC[C@@H]1Nc1ncc(C(F)(F)F)c(C2=CCc3c2ccc(O)c3Cl)n1. The fraction of sp³-hybridized carbons (Fsp3) is 0.368. The number of phenolic OH excluding ortho intramolecular Hbond substituents is 1. The lowest BCUT2D eigenvalue weighted by Gasteiger charge is -2.19. The second kappa shape index (κ2) is 6.93. The number of phenols is 1. The summed E-state index contributed by atoms with van der Waals surface area (Å²) < 4.78 is 40.8. The smallest absolute Gasteiger partial charge is 0.419 e. The van der Waals surface area contributed by atoms with Crippen molar-refractivity contribution >= 4 is 23.1 Å². The Balaban J connectivity index is 1.77. The molecule has 2 aliphatic rings. The minimum atomic E-state index is -4.61. The number of anilines is 1. The van der Waals surface area contributed by atoms with Crippen LogP contribution in [0.1, 0.15) is 41.6 Å². The maximum atomic E-state index is 13.6. The van der Waals surface area contributed by atoms with E-state index >= 15 is 0 Å². The van der Waals surface area contributed by atoms with Crippen LogP contribution >= 0.6 is 11.6 Å². The van der Waals surface area contributed by atoms with E-state index in [0.29, 0.717) is 23.1 Å². The summed E-state index contributed by atoms with van der Waals surface area (Å²) in [7, 11) is 0. The van der Waals surface area contributed by atoms with Crippen LogP contribution in [0, 0.1) is 0 Å². The zero-order chi connectivity index (χ0) is 20.1. The van der Waals surface area contributed by atoms with Gasteiger partial charge >= 0.3 is 6.18 Å². The third kappa shape index (κ3) is 3.31.